The van der Waals surface area contributed by atoms with Gasteiger partial charge < -0.3 is 5.32 Å². The lowest BCUT2D eigenvalue weighted by Crippen LogP contribution is -2.04. The highest BCUT2D eigenvalue weighted by Crippen LogP contribution is 2.19. The molecule has 0 atom stereocenters. The van der Waals surface area contributed by atoms with Crippen molar-refractivity contribution in [1.29, 1.82) is 0 Å². The largest absolute Gasteiger partial charge is 0.310 e. The van der Waals surface area contributed by atoms with Crippen LogP contribution in [0.5, 0.6) is 0 Å². The number of rotatable bonds is 1. The number of hydrogen-bond acceptors (Lipinski definition) is 3. The zero-order chi connectivity index (χ0) is 8.55. The summed E-state index contributed by atoms with van der Waals surface area (Å²) in [4.78, 5) is 25.1. The fourth-order valence-corrected chi connectivity index (χ4v) is 1.19. The van der Waals surface area contributed by atoms with Crippen molar-refractivity contribution < 1.29 is 9.59 Å². The van der Waals surface area contributed by atoms with Gasteiger partial charge in [0.1, 0.15) is 5.82 Å². The van der Waals surface area contributed by atoms with Crippen LogP contribution < -0.4 is 5.32 Å². The van der Waals surface area contributed by atoms with E-state index in [4.69, 9.17) is 0 Å². The number of nitrogens with zero attached hydrogens (tertiary/aromatic N) is 1. The van der Waals surface area contributed by atoms with Crippen molar-refractivity contribution in [3.05, 3.63) is 23.4 Å². The minimum absolute atomic E-state index is 0.0689. The molecule has 1 aromatic rings. The lowest BCUT2D eigenvalue weighted by Gasteiger charge is -1.95. The number of anilines is 1. The second-order valence-corrected chi connectivity index (χ2v) is 2.62. The highest BCUT2D eigenvalue weighted by atomic mass is 16.1. The van der Waals surface area contributed by atoms with Gasteiger partial charge in [0.2, 0.25) is 5.91 Å². The second kappa shape index (κ2) is 2.41. The summed E-state index contributed by atoms with van der Waals surface area (Å²) in [7, 11) is 0. The molecule has 1 N–H and O–H groups in total. The number of amides is 1. The third-order valence-corrected chi connectivity index (χ3v) is 1.73. The van der Waals surface area contributed by atoms with E-state index in [-0.39, 0.29) is 5.91 Å². The molecule has 4 nitrogen and oxygen atoms in total. The Kier molecular flexibility index (Phi) is 1.40. The predicted molar refractivity (Wildman–Crippen MR) is 42.0 cm³/mol. The van der Waals surface area contributed by atoms with Crippen LogP contribution in [-0.4, -0.2) is 17.2 Å². The Morgan fingerprint density at radius 2 is 2.42 bits per heavy atom. The van der Waals surface area contributed by atoms with Gasteiger partial charge in [0, 0.05) is 17.3 Å². The molecule has 0 saturated heterocycles. The van der Waals surface area contributed by atoms with Gasteiger partial charge in [-0.15, -0.1) is 0 Å². The maximum absolute atomic E-state index is 10.9. The number of pyridine rings is 1. The first kappa shape index (κ1) is 6.97. The smallest absolute Gasteiger partial charge is 0.230 e. The third kappa shape index (κ3) is 0.972. The maximum atomic E-state index is 10.9. The summed E-state index contributed by atoms with van der Waals surface area (Å²) < 4.78 is 0. The van der Waals surface area contributed by atoms with Gasteiger partial charge in [0.15, 0.2) is 6.29 Å². The quantitative estimate of drug-likeness (QED) is 0.607. The van der Waals surface area contributed by atoms with E-state index in [2.05, 4.69) is 10.3 Å². The molecule has 2 rings (SSSR count). The molecule has 1 aliphatic rings. The van der Waals surface area contributed by atoms with Gasteiger partial charge in [-0.05, 0) is 6.07 Å². The number of nitrogens with one attached hydrogen (secondary N) is 1. The number of fused-ring (bicyclic) bond motifs is 1. The predicted octanol–water partition coefficient (Wildman–Crippen LogP) is 0.389. The van der Waals surface area contributed by atoms with Gasteiger partial charge >= 0.3 is 0 Å². The standard InChI is InChI=1S/C8H6N2O2/c11-4-5-1-6-2-7(12)10-8(6)9-3-5/h1,3-4H,2H2,(H,9,10,12). The zero-order valence-electron chi connectivity index (χ0n) is 6.20. The monoisotopic (exact) mass is 162 g/mol. The summed E-state index contributed by atoms with van der Waals surface area (Å²) in [5.41, 5.74) is 1.30. The van der Waals surface area contributed by atoms with Crippen LogP contribution in [0, 0.1) is 0 Å². The van der Waals surface area contributed by atoms with Crippen molar-refractivity contribution in [2.45, 2.75) is 6.42 Å². The molecule has 0 unspecified atom stereocenters. The number of hydrogen-bond donors (Lipinski definition) is 1. The molecule has 1 aromatic heterocycles. The number of aldehydes is 1. The number of carbonyl (C=O) groups excluding carboxylic acids is 2. The van der Waals surface area contributed by atoms with E-state index in [0.717, 1.165) is 11.8 Å². The van der Waals surface area contributed by atoms with E-state index in [9.17, 15) is 9.59 Å². The third-order valence-electron chi connectivity index (χ3n) is 1.73. The summed E-state index contributed by atoms with van der Waals surface area (Å²) in [5.74, 6) is 0.506. The molecule has 4 heteroatoms. The Morgan fingerprint density at radius 1 is 1.58 bits per heavy atom. The van der Waals surface area contributed by atoms with Crippen molar-refractivity contribution in [2.24, 2.45) is 0 Å². The molecule has 0 radical (unpaired) electrons. The van der Waals surface area contributed by atoms with Crippen molar-refractivity contribution in [1.82, 2.24) is 4.98 Å². The molecule has 60 valence electrons. The van der Waals surface area contributed by atoms with Crippen molar-refractivity contribution in [2.75, 3.05) is 5.32 Å². The van der Waals surface area contributed by atoms with Crippen LogP contribution in [0.3, 0.4) is 0 Å². The van der Waals surface area contributed by atoms with Crippen LogP contribution in [0.1, 0.15) is 15.9 Å². The van der Waals surface area contributed by atoms with E-state index in [0.29, 0.717) is 17.8 Å². The van der Waals surface area contributed by atoms with Crippen LogP contribution in [0.25, 0.3) is 0 Å². The van der Waals surface area contributed by atoms with E-state index >= 15 is 0 Å². The van der Waals surface area contributed by atoms with Crippen molar-refractivity contribution in [3.8, 4) is 0 Å². The van der Waals surface area contributed by atoms with Crippen LogP contribution in [0.15, 0.2) is 12.3 Å². The Bertz CT molecular complexity index is 360. The van der Waals surface area contributed by atoms with Crippen LogP contribution >= 0.6 is 0 Å². The molecule has 0 bridgehead atoms. The minimum atomic E-state index is -0.0689. The Hall–Kier alpha value is -1.71. The van der Waals surface area contributed by atoms with Crippen molar-refractivity contribution >= 4 is 18.0 Å². The Morgan fingerprint density at radius 3 is 3.17 bits per heavy atom. The summed E-state index contributed by atoms with van der Waals surface area (Å²) in [6.45, 7) is 0. The van der Waals surface area contributed by atoms with Crippen LogP contribution in [0.2, 0.25) is 0 Å². The van der Waals surface area contributed by atoms with Gasteiger partial charge in [0.25, 0.3) is 0 Å². The SMILES string of the molecule is O=Cc1cnc2c(c1)CC(=O)N2. The fraction of sp³-hybridized carbons (Fsp3) is 0.125. The minimum Gasteiger partial charge on any atom is -0.310 e. The molecule has 0 spiro atoms. The number of carbonyl (C=O) groups is 2. The molecule has 0 fully saturated rings. The maximum Gasteiger partial charge on any atom is 0.230 e. The van der Waals surface area contributed by atoms with E-state index < -0.39 is 0 Å². The van der Waals surface area contributed by atoms with Crippen LogP contribution in [-0.2, 0) is 11.2 Å². The fourth-order valence-electron chi connectivity index (χ4n) is 1.19. The van der Waals surface area contributed by atoms with Gasteiger partial charge in [-0.3, -0.25) is 9.59 Å². The zero-order valence-corrected chi connectivity index (χ0v) is 6.20. The molecule has 0 aliphatic carbocycles. The van der Waals surface area contributed by atoms with Gasteiger partial charge in [0.05, 0.1) is 6.42 Å². The average Bonchev–Trinajstić information content (AvgIpc) is 2.43. The summed E-state index contributed by atoms with van der Waals surface area (Å²) >= 11 is 0. The van der Waals surface area contributed by atoms with Gasteiger partial charge in [-0.25, -0.2) is 4.98 Å². The molecule has 2 heterocycles. The van der Waals surface area contributed by atoms with E-state index in [1.165, 1.54) is 6.20 Å². The molecule has 0 aromatic carbocycles. The first-order chi connectivity index (χ1) is 5.79. The molecular weight excluding hydrogens is 156 g/mol. The second-order valence-electron chi connectivity index (χ2n) is 2.62. The Balaban J connectivity index is 2.48. The molecular formula is C8H6N2O2. The summed E-state index contributed by atoms with van der Waals surface area (Å²) in [5, 5.41) is 2.58. The Labute approximate surface area is 68.6 Å². The highest BCUT2D eigenvalue weighted by molar-refractivity contribution is 5.98. The first-order valence-electron chi connectivity index (χ1n) is 3.53. The van der Waals surface area contributed by atoms with Crippen LogP contribution in [0.4, 0.5) is 5.82 Å². The topological polar surface area (TPSA) is 59.1 Å². The summed E-state index contributed by atoms with van der Waals surface area (Å²) in [6, 6.07) is 1.67. The normalized spacial score (nSPS) is 13.8. The lowest BCUT2D eigenvalue weighted by molar-refractivity contribution is -0.115. The molecule has 0 saturated carbocycles. The highest BCUT2D eigenvalue weighted by Gasteiger charge is 2.18. The summed E-state index contributed by atoms with van der Waals surface area (Å²) in [6.07, 6.45) is 2.48. The van der Waals surface area contributed by atoms with Crippen molar-refractivity contribution in [3.63, 3.8) is 0 Å². The molecule has 12 heavy (non-hydrogen) atoms. The first-order valence-corrected chi connectivity index (χ1v) is 3.53. The van der Waals surface area contributed by atoms with Gasteiger partial charge in [-0.2, -0.15) is 0 Å². The average molecular weight is 162 g/mol. The molecule has 1 aliphatic heterocycles. The van der Waals surface area contributed by atoms with E-state index in [1.54, 1.807) is 6.07 Å². The number of aromatic nitrogens is 1. The van der Waals surface area contributed by atoms with E-state index in [1.807, 2.05) is 0 Å². The molecule has 1 amide bonds. The lowest BCUT2D eigenvalue weighted by atomic mass is 10.2. The van der Waals surface area contributed by atoms with Gasteiger partial charge in [-0.1, -0.05) is 0 Å².